The molecule has 0 saturated heterocycles. The Balaban J connectivity index is 2.53. The van der Waals surface area contributed by atoms with Gasteiger partial charge in [-0.15, -0.1) is 0 Å². The predicted octanol–water partition coefficient (Wildman–Crippen LogP) is 3.80. The zero-order chi connectivity index (χ0) is 10.8. The van der Waals surface area contributed by atoms with Gasteiger partial charge >= 0.3 is 0 Å². The van der Waals surface area contributed by atoms with Crippen molar-refractivity contribution in [2.24, 2.45) is 17.3 Å². The molecule has 0 atom stereocenters. The van der Waals surface area contributed by atoms with Crippen LogP contribution in [0.2, 0.25) is 0 Å². The molecule has 0 spiro atoms. The van der Waals surface area contributed by atoms with Crippen LogP contribution in [-0.2, 0) is 4.79 Å². The van der Waals surface area contributed by atoms with Crippen molar-refractivity contribution in [3.05, 3.63) is 0 Å². The second-order valence-corrected chi connectivity index (χ2v) is 5.76. The highest BCUT2D eigenvalue weighted by molar-refractivity contribution is 9.09. The molecule has 1 fully saturated rings. The second-order valence-electron chi connectivity index (χ2n) is 5.20. The van der Waals surface area contributed by atoms with E-state index in [9.17, 15) is 4.79 Å². The molecule has 0 amide bonds. The lowest BCUT2D eigenvalue weighted by Gasteiger charge is -2.37. The van der Waals surface area contributed by atoms with Gasteiger partial charge < -0.3 is 0 Å². The molecule has 2 heteroatoms. The van der Waals surface area contributed by atoms with Crippen molar-refractivity contribution in [2.75, 3.05) is 5.33 Å². The second kappa shape index (κ2) is 4.78. The molecular weight excluding hydrogens is 240 g/mol. The summed E-state index contributed by atoms with van der Waals surface area (Å²) in [6, 6.07) is 0. The standard InChI is InChI=1S/C12H21BrO/c1-9(2)10-4-6-12(3,7-5-10)11(14)8-13/h9-10H,4-8H2,1-3H3. The minimum absolute atomic E-state index is 0.0328. The zero-order valence-electron chi connectivity index (χ0n) is 9.48. The Kier molecular flexibility index (Phi) is 4.17. The van der Waals surface area contributed by atoms with Crippen LogP contribution in [0.3, 0.4) is 0 Å². The molecular formula is C12H21BrO. The monoisotopic (exact) mass is 260 g/mol. The zero-order valence-corrected chi connectivity index (χ0v) is 11.1. The smallest absolute Gasteiger partial charge is 0.149 e. The SMILES string of the molecule is CC(C)C1CCC(C)(C(=O)CBr)CC1. The number of halogens is 1. The highest BCUT2D eigenvalue weighted by Crippen LogP contribution is 2.41. The molecule has 14 heavy (non-hydrogen) atoms. The lowest BCUT2D eigenvalue weighted by atomic mass is 9.67. The molecule has 0 unspecified atom stereocenters. The van der Waals surface area contributed by atoms with Gasteiger partial charge in [-0.25, -0.2) is 0 Å². The van der Waals surface area contributed by atoms with Gasteiger partial charge in [0.05, 0.1) is 5.33 Å². The van der Waals surface area contributed by atoms with Crippen molar-refractivity contribution in [3.63, 3.8) is 0 Å². The summed E-state index contributed by atoms with van der Waals surface area (Å²) in [6.07, 6.45) is 4.63. The number of carbonyl (C=O) groups is 1. The van der Waals surface area contributed by atoms with Gasteiger partial charge in [0.1, 0.15) is 5.78 Å². The summed E-state index contributed by atoms with van der Waals surface area (Å²) >= 11 is 3.28. The van der Waals surface area contributed by atoms with Crippen LogP contribution in [-0.4, -0.2) is 11.1 Å². The number of ketones is 1. The fourth-order valence-electron chi connectivity index (χ4n) is 2.38. The summed E-state index contributed by atoms with van der Waals surface area (Å²) in [6.45, 7) is 6.71. The molecule has 1 aliphatic carbocycles. The number of alkyl halides is 1. The maximum Gasteiger partial charge on any atom is 0.149 e. The topological polar surface area (TPSA) is 17.1 Å². The van der Waals surface area contributed by atoms with Crippen LogP contribution in [0.25, 0.3) is 0 Å². The molecule has 1 saturated carbocycles. The van der Waals surface area contributed by atoms with E-state index in [1.165, 1.54) is 12.8 Å². The van der Waals surface area contributed by atoms with Crippen molar-refractivity contribution in [1.82, 2.24) is 0 Å². The quantitative estimate of drug-likeness (QED) is 0.706. The van der Waals surface area contributed by atoms with Gasteiger partial charge in [-0.1, -0.05) is 36.7 Å². The molecule has 0 aromatic rings. The van der Waals surface area contributed by atoms with Crippen LogP contribution in [0.15, 0.2) is 0 Å². The normalized spacial score (nSPS) is 33.4. The Hall–Kier alpha value is 0.150. The van der Waals surface area contributed by atoms with Crippen LogP contribution in [0, 0.1) is 17.3 Å². The van der Waals surface area contributed by atoms with Crippen molar-refractivity contribution < 1.29 is 4.79 Å². The summed E-state index contributed by atoms with van der Waals surface area (Å²) in [7, 11) is 0. The van der Waals surface area contributed by atoms with Crippen molar-refractivity contribution in [2.45, 2.75) is 46.5 Å². The molecule has 0 aromatic heterocycles. The van der Waals surface area contributed by atoms with Crippen molar-refractivity contribution in [1.29, 1.82) is 0 Å². The van der Waals surface area contributed by atoms with E-state index in [1.54, 1.807) is 0 Å². The Morgan fingerprint density at radius 3 is 2.29 bits per heavy atom. The number of Topliss-reactive ketones (excluding diaryl/α,β-unsaturated/α-hetero) is 1. The van der Waals surface area contributed by atoms with Gasteiger partial charge in [0, 0.05) is 5.41 Å². The fourth-order valence-corrected chi connectivity index (χ4v) is 3.06. The first-order valence-electron chi connectivity index (χ1n) is 5.59. The third-order valence-electron chi connectivity index (χ3n) is 3.87. The van der Waals surface area contributed by atoms with E-state index in [1.807, 2.05) is 0 Å². The Morgan fingerprint density at radius 1 is 1.43 bits per heavy atom. The first kappa shape index (κ1) is 12.2. The summed E-state index contributed by atoms with van der Waals surface area (Å²) in [5, 5.41) is 0.524. The number of hydrogen-bond donors (Lipinski definition) is 0. The highest BCUT2D eigenvalue weighted by atomic mass is 79.9. The van der Waals surface area contributed by atoms with Gasteiger partial charge in [0.15, 0.2) is 0 Å². The third-order valence-corrected chi connectivity index (χ3v) is 4.38. The molecule has 0 radical (unpaired) electrons. The van der Waals surface area contributed by atoms with Crippen LogP contribution in [0.4, 0.5) is 0 Å². The van der Waals surface area contributed by atoms with E-state index < -0.39 is 0 Å². The van der Waals surface area contributed by atoms with Crippen LogP contribution in [0.1, 0.15) is 46.5 Å². The molecule has 0 bridgehead atoms. The van der Waals surface area contributed by atoms with E-state index in [0.29, 0.717) is 11.1 Å². The van der Waals surface area contributed by atoms with Crippen LogP contribution < -0.4 is 0 Å². The minimum Gasteiger partial charge on any atom is -0.298 e. The predicted molar refractivity (Wildman–Crippen MR) is 63.7 cm³/mol. The Morgan fingerprint density at radius 2 is 1.93 bits per heavy atom. The van der Waals surface area contributed by atoms with Crippen LogP contribution in [0.5, 0.6) is 0 Å². The molecule has 0 N–H and O–H groups in total. The Labute approximate surface area is 95.8 Å². The number of hydrogen-bond acceptors (Lipinski definition) is 1. The largest absolute Gasteiger partial charge is 0.298 e. The third kappa shape index (κ3) is 2.59. The van der Waals surface area contributed by atoms with E-state index in [4.69, 9.17) is 0 Å². The van der Waals surface area contributed by atoms with Gasteiger partial charge in [-0.3, -0.25) is 4.79 Å². The molecule has 0 aromatic carbocycles. The van der Waals surface area contributed by atoms with Gasteiger partial charge in [-0.05, 0) is 37.5 Å². The summed E-state index contributed by atoms with van der Waals surface area (Å²) in [5.74, 6) is 2.00. The maximum absolute atomic E-state index is 11.7. The highest BCUT2D eigenvalue weighted by Gasteiger charge is 2.36. The van der Waals surface area contributed by atoms with Gasteiger partial charge in [-0.2, -0.15) is 0 Å². The average molecular weight is 261 g/mol. The molecule has 1 rings (SSSR count). The van der Waals surface area contributed by atoms with E-state index in [2.05, 4.69) is 36.7 Å². The molecule has 1 aliphatic rings. The first-order valence-corrected chi connectivity index (χ1v) is 6.71. The van der Waals surface area contributed by atoms with Crippen molar-refractivity contribution >= 4 is 21.7 Å². The van der Waals surface area contributed by atoms with Gasteiger partial charge in [0.2, 0.25) is 0 Å². The summed E-state index contributed by atoms with van der Waals surface area (Å²) in [4.78, 5) is 11.7. The van der Waals surface area contributed by atoms with E-state index >= 15 is 0 Å². The first-order chi connectivity index (χ1) is 6.49. The van der Waals surface area contributed by atoms with Crippen molar-refractivity contribution in [3.8, 4) is 0 Å². The van der Waals surface area contributed by atoms with Crippen LogP contribution >= 0.6 is 15.9 Å². The Bertz CT molecular complexity index is 202. The lowest BCUT2D eigenvalue weighted by molar-refractivity contribution is -0.127. The number of rotatable bonds is 3. The molecule has 0 aliphatic heterocycles. The summed E-state index contributed by atoms with van der Waals surface area (Å²) in [5.41, 5.74) is -0.0328. The molecule has 82 valence electrons. The van der Waals surface area contributed by atoms with Gasteiger partial charge in [0.25, 0.3) is 0 Å². The fraction of sp³-hybridized carbons (Fsp3) is 0.917. The molecule has 1 nitrogen and oxygen atoms in total. The van der Waals surface area contributed by atoms with E-state index in [-0.39, 0.29) is 5.41 Å². The lowest BCUT2D eigenvalue weighted by Crippen LogP contribution is -2.34. The molecule has 0 heterocycles. The summed E-state index contributed by atoms with van der Waals surface area (Å²) < 4.78 is 0. The average Bonchev–Trinajstić information content (AvgIpc) is 2.17. The van der Waals surface area contributed by atoms with E-state index in [0.717, 1.165) is 24.7 Å². The number of carbonyl (C=O) groups excluding carboxylic acids is 1. The minimum atomic E-state index is -0.0328. The maximum atomic E-state index is 11.7.